The highest BCUT2D eigenvalue weighted by molar-refractivity contribution is 5.46. The average Bonchev–Trinajstić information content (AvgIpc) is 2.29. The SMILES string of the molecule is CC(C)(C)N1CC2C1CN2c1cncc(C(F)(F)F)n1. The number of halogens is 3. The van der Waals surface area contributed by atoms with E-state index in [1.54, 1.807) is 0 Å². The Morgan fingerprint density at radius 2 is 1.80 bits per heavy atom. The lowest BCUT2D eigenvalue weighted by atomic mass is 9.81. The van der Waals surface area contributed by atoms with Crippen LogP contribution in [-0.4, -0.2) is 45.6 Å². The monoisotopic (exact) mass is 286 g/mol. The van der Waals surface area contributed by atoms with Crippen molar-refractivity contribution in [2.45, 2.75) is 44.6 Å². The van der Waals surface area contributed by atoms with E-state index in [0.29, 0.717) is 11.9 Å². The average molecular weight is 286 g/mol. The number of rotatable bonds is 1. The minimum absolute atomic E-state index is 0.104. The fourth-order valence-electron chi connectivity index (χ4n) is 2.92. The molecule has 2 unspecified atom stereocenters. The highest BCUT2D eigenvalue weighted by Crippen LogP contribution is 2.40. The Morgan fingerprint density at radius 1 is 1.10 bits per heavy atom. The summed E-state index contributed by atoms with van der Waals surface area (Å²) >= 11 is 0. The first-order valence-electron chi connectivity index (χ1n) is 6.60. The summed E-state index contributed by atoms with van der Waals surface area (Å²) in [6.07, 6.45) is -2.27. The topological polar surface area (TPSA) is 32.3 Å². The maximum atomic E-state index is 12.6. The van der Waals surface area contributed by atoms with Crippen LogP contribution in [0, 0.1) is 0 Å². The molecule has 0 radical (unpaired) electrons. The first-order valence-corrected chi connectivity index (χ1v) is 6.60. The Kier molecular flexibility index (Phi) is 2.77. The maximum absolute atomic E-state index is 12.6. The van der Waals surface area contributed by atoms with Crippen LogP contribution in [0.25, 0.3) is 0 Å². The van der Waals surface area contributed by atoms with Crippen molar-refractivity contribution >= 4 is 5.82 Å². The second-order valence-corrected chi connectivity index (χ2v) is 6.37. The number of piperazine rings is 1. The second kappa shape index (κ2) is 4.07. The van der Waals surface area contributed by atoms with E-state index in [0.717, 1.165) is 19.3 Å². The van der Waals surface area contributed by atoms with Crippen LogP contribution in [0.3, 0.4) is 0 Å². The zero-order chi connectivity index (χ0) is 14.7. The predicted octanol–water partition coefficient (Wildman–Crippen LogP) is 2.17. The van der Waals surface area contributed by atoms with Crippen molar-refractivity contribution in [1.29, 1.82) is 0 Å². The molecule has 3 rings (SSSR count). The number of aromatic nitrogens is 2. The normalized spacial score (nSPS) is 26.8. The van der Waals surface area contributed by atoms with Crippen molar-refractivity contribution in [1.82, 2.24) is 14.9 Å². The summed E-state index contributed by atoms with van der Waals surface area (Å²) in [5.41, 5.74) is -0.822. The molecule has 20 heavy (non-hydrogen) atoms. The Labute approximate surface area is 115 Å². The summed E-state index contributed by atoms with van der Waals surface area (Å²) in [5.74, 6) is 0.328. The van der Waals surface area contributed by atoms with Gasteiger partial charge in [-0.1, -0.05) is 0 Å². The van der Waals surface area contributed by atoms with Crippen molar-refractivity contribution in [3.63, 3.8) is 0 Å². The standard InChI is InChI=1S/C13H17F3N4/c1-12(2,3)20-7-8-9(20)6-19(8)11-5-17-4-10(18-11)13(14,15)16/h4-5,8-9H,6-7H2,1-3H3. The molecule has 0 aromatic carbocycles. The molecular formula is C13H17F3N4. The molecule has 0 aliphatic carbocycles. The zero-order valence-electron chi connectivity index (χ0n) is 11.6. The molecule has 0 saturated carbocycles. The number of fused-ring (bicyclic) bond motifs is 1. The van der Waals surface area contributed by atoms with E-state index in [1.807, 2.05) is 4.90 Å². The third kappa shape index (κ3) is 2.04. The number of hydrogen-bond acceptors (Lipinski definition) is 4. The number of nitrogens with zero attached hydrogens (tertiary/aromatic N) is 4. The minimum atomic E-state index is -4.44. The van der Waals surface area contributed by atoms with E-state index < -0.39 is 11.9 Å². The Hall–Kier alpha value is -1.37. The lowest BCUT2D eigenvalue weighted by Gasteiger charge is -2.66. The summed E-state index contributed by atoms with van der Waals surface area (Å²) in [6.45, 7) is 8.03. The van der Waals surface area contributed by atoms with Gasteiger partial charge in [-0.05, 0) is 20.8 Å². The van der Waals surface area contributed by atoms with E-state index in [2.05, 4.69) is 35.6 Å². The predicted molar refractivity (Wildman–Crippen MR) is 68.4 cm³/mol. The van der Waals surface area contributed by atoms with Gasteiger partial charge >= 0.3 is 6.18 Å². The first-order chi connectivity index (χ1) is 9.18. The summed E-state index contributed by atoms with van der Waals surface area (Å²) < 4.78 is 37.9. The number of hydrogen-bond donors (Lipinski definition) is 0. The van der Waals surface area contributed by atoms with Crippen LogP contribution in [0.2, 0.25) is 0 Å². The van der Waals surface area contributed by atoms with Gasteiger partial charge in [-0.2, -0.15) is 13.2 Å². The van der Waals surface area contributed by atoms with Gasteiger partial charge in [0, 0.05) is 24.7 Å². The molecule has 0 amide bonds. The van der Waals surface area contributed by atoms with Gasteiger partial charge in [0.1, 0.15) is 5.82 Å². The van der Waals surface area contributed by atoms with E-state index >= 15 is 0 Å². The van der Waals surface area contributed by atoms with Crippen LogP contribution in [0.4, 0.5) is 19.0 Å². The summed E-state index contributed by atoms with van der Waals surface area (Å²) in [7, 11) is 0. The molecule has 7 heteroatoms. The van der Waals surface area contributed by atoms with Crippen LogP contribution in [0.5, 0.6) is 0 Å². The molecule has 4 nitrogen and oxygen atoms in total. The molecule has 1 aromatic rings. The van der Waals surface area contributed by atoms with Gasteiger partial charge in [0.15, 0.2) is 5.69 Å². The molecule has 2 fully saturated rings. The van der Waals surface area contributed by atoms with E-state index in [9.17, 15) is 13.2 Å². The summed E-state index contributed by atoms with van der Waals surface area (Å²) in [6, 6.07) is 0.693. The first kappa shape index (κ1) is 13.6. The molecule has 2 saturated heterocycles. The number of alkyl halides is 3. The third-order valence-electron chi connectivity index (χ3n) is 4.08. The minimum Gasteiger partial charge on any atom is -0.348 e. The van der Waals surface area contributed by atoms with Gasteiger partial charge in [-0.25, -0.2) is 4.98 Å². The highest BCUT2D eigenvalue weighted by atomic mass is 19.4. The van der Waals surface area contributed by atoms with E-state index in [4.69, 9.17) is 0 Å². The van der Waals surface area contributed by atoms with Gasteiger partial charge < -0.3 is 4.90 Å². The molecular weight excluding hydrogens is 269 g/mol. The fraction of sp³-hybridized carbons (Fsp3) is 0.692. The van der Waals surface area contributed by atoms with Crippen molar-refractivity contribution in [2.75, 3.05) is 18.0 Å². The Bertz CT molecular complexity index is 523. The molecule has 2 aliphatic rings. The van der Waals surface area contributed by atoms with Gasteiger partial charge in [0.25, 0.3) is 0 Å². The number of likely N-dealkylation sites (tertiary alicyclic amines) is 1. The van der Waals surface area contributed by atoms with Crippen molar-refractivity contribution in [3.05, 3.63) is 18.1 Å². The van der Waals surface area contributed by atoms with Gasteiger partial charge in [0.2, 0.25) is 0 Å². The largest absolute Gasteiger partial charge is 0.434 e. The second-order valence-electron chi connectivity index (χ2n) is 6.37. The van der Waals surface area contributed by atoms with Crippen LogP contribution < -0.4 is 4.90 Å². The van der Waals surface area contributed by atoms with Crippen LogP contribution in [-0.2, 0) is 6.18 Å². The fourth-order valence-corrected chi connectivity index (χ4v) is 2.92. The molecule has 2 aliphatic heterocycles. The van der Waals surface area contributed by atoms with Crippen molar-refractivity contribution in [3.8, 4) is 0 Å². The molecule has 0 N–H and O–H groups in total. The summed E-state index contributed by atoms with van der Waals surface area (Å²) in [5, 5.41) is 0. The Balaban J connectivity index is 1.72. The van der Waals surface area contributed by atoms with Gasteiger partial charge in [0.05, 0.1) is 18.4 Å². The lowest BCUT2D eigenvalue weighted by Crippen LogP contribution is -2.82. The van der Waals surface area contributed by atoms with Gasteiger partial charge in [-0.15, -0.1) is 0 Å². The van der Waals surface area contributed by atoms with Crippen LogP contribution in [0.15, 0.2) is 12.4 Å². The zero-order valence-corrected chi connectivity index (χ0v) is 11.6. The molecule has 1 aromatic heterocycles. The lowest BCUT2D eigenvalue weighted by molar-refractivity contribution is -0.141. The molecule has 2 atom stereocenters. The van der Waals surface area contributed by atoms with Gasteiger partial charge in [-0.3, -0.25) is 9.88 Å². The number of anilines is 1. The van der Waals surface area contributed by atoms with Crippen molar-refractivity contribution < 1.29 is 13.2 Å². The van der Waals surface area contributed by atoms with E-state index in [1.165, 1.54) is 6.20 Å². The van der Waals surface area contributed by atoms with Crippen molar-refractivity contribution in [2.24, 2.45) is 0 Å². The third-order valence-corrected chi connectivity index (χ3v) is 4.08. The molecule has 0 spiro atoms. The van der Waals surface area contributed by atoms with Crippen LogP contribution >= 0.6 is 0 Å². The maximum Gasteiger partial charge on any atom is 0.434 e. The highest BCUT2D eigenvalue weighted by Gasteiger charge is 2.55. The molecule has 3 heterocycles. The smallest absolute Gasteiger partial charge is 0.348 e. The quantitative estimate of drug-likeness (QED) is 0.792. The molecule has 110 valence electrons. The summed E-state index contributed by atoms with van der Waals surface area (Å²) in [4.78, 5) is 11.6. The van der Waals surface area contributed by atoms with E-state index in [-0.39, 0.29) is 11.6 Å². The Morgan fingerprint density at radius 3 is 2.30 bits per heavy atom. The molecule has 0 bridgehead atoms. The van der Waals surface area contributed by atoms with Crippen LogP contribution in [0.1, 0.15) is 26.5 Å².